The third-order valence-corrected chi connectivity index (χ3v) is 4.78. The summed E-state index contributed by atoms with van der Waals surface area (Å²) in [4.78, 5) is 30.1. The summed E-state index contributed by atoms with van der Waals surface area (Å²) in [6.45, 7) is 3.27. The van der Waals surface area contributed by atoms with Crippen LogP contribution in [0.4, 0.5) is 4.39 Å². The zero-order valence-corrected chi connectivity index (χ0v) is 16.6. The summed E-state index contributed by atoms with van der Waals surface area (Å²) in [6, 6.07) is 0.125. The SMILES string of the molecule is C#C/C(=C\C=C(/C)F)Cn1c(OCC)nc2c1c(=O)n(CC1(O)CC1)c(=O)n2C. The van der Waals surface area contributed by atoms with E-state index in [1.807, 2.05) is 0 Å². The van der Waals surface area contributed by atoms with Gasteiger partial charge in [0, 0.05) is 12.6 Å². The summed E-state index contributed by atoms with van der Waals surface area (Å²) in [5.74, 6) is 2.05. The van der Waals surface area contributed by atoms with Gasteiger partial charge in [-0.3, -0.25) is 18.5 Å². The average molecular weight is 402 g/mol. The van der Waals surface area contributed by atoms with E-state index < -0.39 is 22.7 Å². The number of hydrogen-bond donors (Lipinski definition) is 1. The smallest absolute Gasteiger partial charge is 0.332 e. The van der Waals surface area contributed by atoms with Crippen molar-refractivity contribution in [1.29, 1.82) is 0 Å². The number of terminal acetylenes is 1. The van der Waals surface area contributed by atoms with Gasteiger partial charge in [-0.15, -0.1) is 6.42 Å². The van der Waals surface area contributed by atoms with Gasteiger partial charge in [0.1, 0.15) is 0 Å². The van der Waals surface area contributed by atoms with E-state index in [9.17, 15) is 19.1 Å². The summed E-state index contributed by atoms with van der Waals surface area (Å²) in [5.41, 5.74) is -1.53. The van der Waals surface area contributed by atoms with Crippen LogP contribution >= 0.6 is 0 Å². The lowest BCUT2D eigenvalue weighted by atomic mass is 10.2. The van der Waals surface area contributed by atoms with Crippen LogP contribution < -0.4 is 16.0 Å². The minimum absolute atomic E-state index is 0.0316. The van der Waals surface area contributed by atoms with Gasteiger partial charge < -0.3 is 9.84 Å². The van der Waals surface area contributed by atoms with Crippen LogP contribution in [0, 0.1) is 12.3 Å². The molecule has 1 aliphatic carbocycles. The highest BCUT2D eigenvalue weighted by atomic mass is 19.1. The molecule has 0 aliphatic heterocycles. The number of nitrogens with zero attached hydrogens (tertiary/aromatic N) is 4. The number of aryl methyl sites for hydroxylation is 1. The molecule has 1 fully saturated rings. The Bertz CT molecular complexity index is 1170. The molecule has 0 bridgehead atoms. The monoisotopic (exact) mass is 402 g/mol. The van der Waals surface area contributed by atoms with Crippen molar-refractivity contribution < 1.29 is 14.2 Å². The van der Waals surface area contributed by atoms with E-state index in [1.54, 1.807) is 6.92 Å². The quantitative estimate of drug-likeness (QED) is 0.556. The Labute approximate surface area is 166 Å². The van der Waals surface area contributed by atoms with Crippen molar-refractivity contribution in [2.45, 2.75) is 45.4 Å². The highest BCUT2D eigenvalue weighted by Crippen LogP contribution is 2.36. The lowest BCUT2D eigenvalue weighted by Gasteiger charge is -2.13. The minimum atomic E-state index is -1.04. The fourth-order valence-corrected chi connectivity index (χ4v) is 3.01. The largest absolute Gasteiger partial charge is 0.465 e. The van der Waals surface area contributed by atoms with Gasteiger partial charge in [0.25, 0.3) is 11.6 Å². The van der Waals surface area contributed by atoms with Gasteiger partial charge in [-0.1, -0.05) is 5.92 Å². The summed E-state index contributed by atoms with van der Waals surface area (Å²) in [5, 5.41) is 10.2. The molecule has 8 nitrogen and oxygen atoms in total. The van der Waals surface area contributed by atoms with Crippen molar-refractivity contribution in [2.75, 3.05) is 6.61 Å². The molecule has 1 N–H and O–H groups in total. The first-order valence-electron chi connectivity index (χ1n) is 9.25. The van der Waals surface area contributed by atoms with Crippen LogP contribution in [0.15, 0.2) is 33.1 Å². The molecule has 3 rings (SSSR count). The fraction of sp³-hybridized carbons (Fsp3) is 0.450. The average Bonchev–Trinajstić information content (AvgIpc) is 3.30. The second-order valence-electron chi connectivity index (χ2n) is 7.13. The van der Waals surface area contributed by atoms with E-state index >= 15 is 0 Å². The van der Waals surface area contributed by atoms with Gasteiger partial charge in [0.2, 0.25) is 0 Å². The molecule has 1 aliphatic rings. The van der Waals surface area contributed by atoms with E-state index in [-0.39, 0.29) is 36.9 Å². The molecule has 0 radical (unpaired) electrons. The summed E-state index contributed by atoms with van der Waals surface area (Å²) in [6.07, 6.45) is 9.26. The van der Waals surface area contributed by atoms with Gasteiger partial charge in [-0.2, -0.15) is 4.98 Å². The lowest BCUT2D eigenvalue weighted by Crippen LogP contribution is -2.42. The van der Waals surface area contributed by atoms with E-state index in [4.69, 9.17) is 11.2 Å². The number of halogens is 1. The molecule has 154 valence electrons. The zero-order chi connectivity index (χ0) is 21.3. The molecule has 0 aromatic carbocycles. The Kier molecular flexibility index (Phi) is 5.48. The van der Waals surface area contributed by atoms with Gasteiger partial charge in [-0.05, 0) is 38.8 Å². The first kappa shape index (κ1) is 20.6. The predicted octanol–water partition coefficient (Wildman–Crippen LogP) is 1.25. The van der Waals surface area contributed by atoms with Crippen molar-refractivity contribution in [3.05, 3.63) is 44.4 Å². The number of imidazole rings is 1. The molecule has 0 amide bonds. The number of allylic oxidation sites excluding steroid dienone is 4. The Morgan fingerprint density at radius 2 is 2.07 bits per heavy atom. The van der Waals surface area contributed by atoms with Crippen molar-refractivity contribution in [3.8, 4) is 18.4 Å². The van der Waals surface area contributed by atoms with Crippen molar-refractivity contribution in [2.24, 2.45) is 7.05 Å². The maximum absolute atomic E-state index is 13.2. The molecule has 0 spiro atoms. The predicted molar refractivity (Wildman–Crippen MR) is 106 cm³/mol. The number of fused-ring (bicyclic) bond motifs is 1. The number of rotatable bonds is 7. The van der Waals surface area contributed by atoms with Crippen molar-refractivity contribution in [3.63, 3.8) is 0 Å². The third-order valence-electron chi connectivity index (χ3n) is 4.78. The third kappa shape index (κ3) is 4.03. The van der Waals surface area contributed by atoms with Gasteiger partial charge in [0.15, 0.2) is 11.2 Å². The number of ether oxygens (including phenoxy) is 1. The van der Waals surface area contributed by atoms with E-state index in [2.05, 4.69) is 10.9 Å². The van der Waals surface area contributed by atoms with Crippen LogP contribution in [0.25, 0.3) is 11.2 Å². The molecule has 2 heterocycles. The first-order valence-corrected chi connectivity index (χ1v) is 9.25. The van der Waals surface area contributed by atoms with Gasteiger partial charge in [0.05, 0.1) is 31.1 Å². The molecule has 0 unspecified atom stereocenters. The first-order chi connectivity index (χ1) is 13.7. The Hall–Kier alpha value is -3.12. The van der Waals surface area contributed by atoms with Crippen LogP contribution in [0.1, 0.15) is 26.7 Å². The summed E-state index contributed by atoms with van der Waals surface area (Å²) in [7, 11) is 1.50. The maximum Gasteiger partial charge on any atom is 0.332 e. The second-order valence-corrected chi connectivity index (χ2v) is 7.13. The van der Waals surface area contributed by atoms with Crippen LogP contribution in [0.2, 0.25) is 0 Å². The topological polar surface area (TPSA) is 91.3 Å². The molecule has 29 heavy (non-hydrogen) atoms. The van der Waals surface area contributed by atoms with Crippen molar-refractivity contribution >= 4 is 11.2 Å². The van der Waals surface area contributed by atoms with E-state index in [1.165, 1.54) is 35.3 Å². The van der Waals surface area contributed by atoms with Gasteiger partial charge in [-0.25, -0.2) is 9.18 Å². The number of aliphatic hydroxyl groups is 1. The van der Waals surface area contributed by atoms with Crippen LogP contribution in [0.5, 0.6) is 6.01 Å². The highest BCUT2D eigenvalue weighted by Gasteiger charge is 2.41. The Balaban J connectivity index is 2.24. The molecule has 9 heteroatoms. The molecule has 1 saturated carbocycles. The standard InChI is InChI=1S/C20H23FN4O4/c1-5-14(8-7-13(3)21)11-24-15-16(22-18(24)29-6-2)23(4)19(27)25(17(15)26)12-20(28)9-10-20/h1,7-8,28H,6,9-12H2,2-4H3/b13-7+,14-8+. The second kappa shape index (κ2) is 7.72. The molecule has 2 aromatic rings. The summed E-state index contributed by atoms with van der Waals surface area (Å²) < 4.78 is 22.4. The molecule has 0 saturated heterocycles. The number of aromatic nitrogens is 4. The van der Waals surface area contributed by atoms with E-state index in [0.717, 1.165) is 4.57 Å². The zero-order valence-electron chi connectivity index (χ0n) is 16.6. The maximum atomic E-state index is 13.2. The molecular formula is C20H23FN4O4. The lowest BCUT2D eigenvalue weighted by molar-refractivity contribution is 0.126. The number of hydrogen-bond acceptors (Lipinski definition) is 5. The van der Waals surface area contributed by atoms with Crippen LogP contribution in [-0.4, -0.2) is 36.0 Å². The van der Waals surface area contributed by atoms with E-state index in [0.29, 0.717) is 18.4 Å². The normalized spacial score (nSPS) is 16.1. The minimum Gasteiger partial charge on any atom is -0.465 e. The molecule has 2 aromatic heterocycles. The fourth-order valence-electron chi connectivity index (χ4n) is 3.01. The van der Waals surface area contributed by atoms with Gasteiger partial charge >= 0.3 is 5.69 Å². The Morgan fingerprint density at radius 1 is 1.38 bits per heavy atom. The highest BCUT2D eigenvalue weighted by molar-refractivity contribution is 5.72. The van der Waals surface area contributed by atoms with Crippen LogP contribution in [0.3, 0.4) is 0 Å². The van der Waals surface area contributed by atoms with Crippen LogP contribution in [-0.2, 0) is 20.1 Å². The molecule has 0 atom stereocenters. The molecular weight excluding hydrogens is 379 g/mol. The Morgan fingerprint density at radius 3 is 2.62 bits per heavy atom. The summed E-state index contributed by atoms with van der Waals surface area (Å²) >= 11 is 0. The van der Waals surface area contributed by atoms with Crippen molar-refractivity contribution in [1.82, 2.24) is 18.7 Å².